The van der Waals surface area contributed by atoms with Crippen molar-refractivity contribution in [3.05, 3.63) is 53.3 Å². The molecule has 0 aromatic heterocycles. The molecule has 2 aliphatic heterocycles. The van der Waals surface area contributed by atoms with E-state index >= 15 is 0 Å². The Morgan fingerprint density at radius 1 is 1.24 bits per heavy atom. The third kappa shape index (κ3) is 1.55. The van der Waals surface area contributed by atoms with Gasteiger partial charge in [-0.3, -0.25) is 0 Å². The average Bonchev–Trinajstić information content (AvgIpc) is 3.02. The minimum atomic E-state index is 0.317. The maximum atomic E-state index is 3.95. The van der Waals surface area contributed by atoms with Crippen LogP contribution in [0.2, 0.25) is 0 Å². The zero-order valence-corrected chi connectivity index (χ0v) is 13.2. The average molecular weight is 295 g/mol. The van der Waals surface area contributed by atoms with Crippen molar-refractivity contribution >= 4 is 11.8 Å². The molecule has 0 spiro atoms. The van der Waals surface area contributed by atoms with E-state index in [-0.39, 0.29) is 0 Å². The summed E-state index contributed by atoms with van der Waals surface area (Å²) in [6, 6.07) is 9.70. The molecule has 4 aliphatic rings. The Morgan fingerprint density at radius 2 is 2.14 bits per heavy atom. The molecule has 1 nitrogen and oxygen atoms in total. The Labute approximate surface area is 130 Å². The number of fused-ring (bicyclic) bond motifs is 6. The van der Waals surface area contributed by atoms with E-state index in [0.717, 1.165) is 11.8 Å². The first-order valence-corrected chi connectivity index (χ1v) is 9.03. The van der Waals surface area contributed by atoms with Gasteiger partial charge in [0.1, 0.15) is 0 Å². The Balaban J connectivity index is 1.56. The number of thioether (sulfide) groups is 1. The Kier molecular flexibility index (Phi) is 2.48. The highest BCUT2D eigenvalue weighted by atomic mass is 32.2. The summed E-state index contributed by atoms with van der Waals surface area (Å²) in [7, 11) is 0. The molecule has 2 heterocycles. The molecule has 2 heteroatoms. The molecule has 4 atom stereocenters. The van der Waals surface area contributed by atoms with E-state index in [9.17, 15) is 0 Å². The second-order valence-electron chi connectivity index (χ2n) is 7.06. The van der Waals surface area contributed by atoms with E-state index in [2.05, 4.69) is 60.4 Å². The second-order valence-corrected chi connectivity index (χ2v) is 8.58. The molecule has 5 rings (SSSR count). The number of benzene rings is 1. The fraction of sp³-hybridized carbons (Fsp3) is 0.474. The van der Waals surface area contributed by atoms with E-state index in [1.54, 1.807) is 16.8 Å². The monoisotopic (exact) mass is 295 g/mol. The summed E-state index contributed by atoms with van der Waals surface area (Å²) in [4.78, 5) is 1.52. The normalized spacial score (nSPS) is 39.4. The van der Waals surface area contributed by atoms with Crippen LogP contribution in [0.3, 0.4) is 0 Å². The van der Waals surface area contributed by atoms with Crippen molar-refractivity contribution in [2.45, 2.75) is 54.2 Å². The van der Waals surface area contributed by atoms with Crippen molar-refractivity contribution < 1.29 is 0 Å². The zero-order chi connectivity index (χ0) is 14.0. The van der Waals surface area contributed by atoms with Gasteiger partial charge in [0.15, 0.2) is 0 Å². The van der Waals surface area contributed by atoms with Gasteiger partial charge in [-0.25, -0.2) is 0 Å². The topological polar surface area (TPSA) is 12.0 Å². The van der Waals surface area contributed by atoms with Crippen molar-refractivity contribution in [2.75, 3.05) is 0 Å². The van der Waals surface area contributed by atoms with Crippen LogP contribution in [0, 0.1) is 5.92 Å². The molecule has 1 fully saturated rings. The summed E-state index contributed by atoms with van der Waals surface area (Å²) < 4.78 is 0.317. The number of allylic oxidation sites excluding steroid dienone is 3. The van der Waals surface area contributed by atoms with Crippen LogP contribution >= 0.6 is 11.8 Å². The lowest BCUT2D eigenvalue weighted by atomic mass is 9.67. The first kappa shape index (κ1) is 12.4. The summed E-state index contributed by atoms with van der Waals surface area (Å²) in [5.41, 5.74) is 4.78. The van der Waals surface area contributed by atoms with Crippen LogP contribution < -0.4 is 5.32 Å². The molecule has 2 aliphatic carbocycles. The smallest absolute Gasteiger partial charge is 0.0481 e. The molecular weight excluding hydrogens is 274 g/mol. The summed E-state index contributed by atoms with van der Waals surface area (Å²) in [5, 5.41) is 3.95. The van der Waals surface area contributed by atoms with Crippen LogP contribution in [0.5, 0.6) is 0 Å². The highest BCUT2D eigenvalue weighted by Crippen LogP contribution is 2.62. The third-order valence-corrected chi connectivity index (χ3v) is 7.61. The van der Waals surface area contributed by atoms with Gasteiger partial charge in [-0.2, -0.15) is 0 Å². The SMILES string of the molecule is CC12Sc3ccccc3C1CCC1C3=C(CCC=C3)NC12. The molecule has 0 saturated heterocycles. The molecule has 108 valence electrons. The lowest BCUT2D eigenvalue weighted by Gasteiger charge is -2.45. The van der Waals surface area contributed by atoms with Crippen LogP contribution in [0.1, 0.15) is 44.1 Å². The molecule has 0 radical (unpaired) electrons. The van der Waals surface area contributed by atoms with E-state index in [0.29, 0.717) is 10.8 Å². The first-order chi connectivity index (χ1) is 10.3. The van der Waals surface area contributed by atoms with Crippen molar-refractivity contribution in [2.24, 2.45) is 5.92 Å². The Morgan fingerprint density at radius 3 is 3.10 bits per heavy atom. The van der Waals surface area contributed by atoms with Gasteiger partial charge < -0.3 is 5.32 Å². The highest BCUT2D eigenvalue weighted by Gasteiger charge is 2.56. The van der Waals surface area contributed by atoms with E-state index in [1.807, 2.05) is 0 Å². The predicted molar refractivity (Wildman–Crippen MR) is 88.5 cm³/mol. The van der Waals surface area contributed by atoms with Gasteiger partial charge >= 0.3 is 0 Å². The minimum Gasteiger partial charge on any atom is -0.383 e. The van der Waals surface area contributed by atoms with Crippen LogP contribution in [0.25, 0.3) is 0 Å². The van der Waals surface area contributed by atoms with E-state index in [1.165, 1.54) is 30.6 Å². The molecule has 4 unspecified atom stereocenters. The molecule has 1 saturated carbocycles. The minimum absolute atomic E-state index is 0.317. The predicted octanol–water partition coefficient (Wildman–Crippen LogP) is 4.62. The van der Waals surface area contributed by atoms with Crippen molar-refractivity contribution in [3.63, 3.8) is 0 Å². The van der Waals surface area contributed by atoms with Gasteiger partial charge in [0.25, 0.3) is 0 Å². The molecular formula is C19H21NS. The standard InChI is InChI=1S/C19H21NS/c1-19-15(14-7-3-5-9-17(14)21-19)11-10-13-12-6-2-4-8-16(12)20-18(13)19/h2-3,5-7,9,13,15,18,20H,4,8,10-11H2,1H3. The molecule has 1 aromatic carbocycles. The van der Waals surface area contributed by atoms with Crippen LogP contribution in [0.15, 0.2) is 52.6 Å². The van der Waals surface area contributed by atoms with E-state index in [4.69, 9.17) is 0 Å². The maximum Gasteiger partial charge on any atom is 0.0481 e. The fourth-order valence-electron chi connectivity index (χ4n) is 5.07. The lowest BCUT2D eigenvalue weighted by Crippen LogP contribution is -2.52. The van der Waals surface area contributed by atoms with Crippen molar-refractivity contribution in [3.8, 4) is 0 Å². The molecule has 0 amide bonds. The summed E-state index contributed by atoms with van der Waals surface area (Å²) >= 11 is 2.13. The highest BCUT2D eigenvalue weighted by molar-refractivity contribution is 8.01. The van der Waals surface area contributed by atoms with E-state index < -0.39 is 0 Å². The zero-order valence-electron chi connectivity index (χ0n) is 12.4. The van der Waals surface area contributed by atoms with Crippen LogP contribution in [-0.2, 0) is 0 Å². The summed E-state index contributed by atoms with van der Waals surface area (Å²) in [6.45, 7) is 2.51. The molecule has 1 aromatic rings. The maximum absolute atomic E-state index is 3.95. The Bertz CT molecular complexity index is 674. The summed E-state index contributed by atoms with van der Waals surface area (Å²) in [5.74, 6) is 1.46. The summed E-state index contributed by atoms with van der Waals surface area (Å²) in [6.07, 6.45) is 9.89. The van der Waals surface area contributed by atoms with Crippen LogP contribution in [0.4, 0.5) is 0 Å². The number of hydrogen-bond donors (Lipinski definition) is 1. The quantitative estimate of drug-likeness (QED) is 0.749. The van der Waals surface area contributed by atoms with Crippen molar-refractivity contribution in [1.82, 2.24) is 5.32 Å². The number of rotatable bonds is 0. The van der Waals surface area contributed by atoms with Crippen molar-refractivity contribution in [1.29, 1.82) is 0 Å². The van der Waals surface area contributed by atoms with Gasteiger partial charge in [0.05, 0.1) is 0 Å². The molecule has 0 bridgehead atoms. The first-order valence-electron chi connectivity index (χ1n) is 8.21. The van der Waals surface area contributed by atoms with Gasteiger partial charge in [-0.15, -0.1) is 11.8 Å². The second kappa shape index (κ2) is 4.19. The van der Waals surface area contributed by atoms with Gasteiger partial charge in [-0.05, 0) is 49.8 Å². The molecule has 1 N–H and O–H groups in total. The van der Waals surface area contributed by atoms with Gasteiger partial charge in [-0.1, -0.05) is 30.4 Å². The third-order valence-electron chi connectivity index (χ3n) is 6.04. The fourth-order valence-corrected chi connectivity index (χ4v) is 6.75. The largest absolute Gasteiger partial charge is 0.383 e. The van der Waals surface area contributed by atoms with Gasteiger partial charge in [0, 0.05) is 33.2 Å². The van der Waals surface area contributed by atoms with Crippen LogP contribution in [-0.4, -0.2) is 10.8 Å². The lowest BCUT2D eigenvalue weighted by molar-refractivity contribution is 0.256. The molecule has 21 heavy (non-hydrogen) atoms. The number of hydrogen-bond acceptors (Lipinski definition) is 2. The van der Waals surface area contributed by atoms with Gasteiger partial charge in [0.2, 0.25) is 0 Å². The number of nitrogens with one attached hydrogen (secondary N) is 1. The Hall–Kier alpha value is -1.15.